The largest absolute Gasteiger partial charge is 0.398 e. The molecule has 6 heteroatoms. The van der Waals surface area contributed by atoms with Crippen molar-refractivity contribution in [2.75, 3.05) is 11.1 Å². The van der Waals surface area contributed by atoms with Crippen LogP contribution >= 0.6 is 0 Å². The minimum Gasteiger partial charge on any atom is -0.398 e. The fourth-order valence-electron chi connectivity index (χ4n) is 1.46. The third-order valence-corrected chi connectivity index (χ3v) is 2.37. The summed E-state index contributed by atoms with van der Waals surface area (Å²) in [7, 11) is 0. The molecule has 0 fully saturated rings. The maximum Gasteiger partial charge on any atom is 0.264 e. The lowest BCUT2D eigenvalue weighted by atomic mass is 10.1. The van der Waals surface area contributed by atoms with Crippen LogP contribution in [0, 0.1) is 6.92 Å². The number of nitrogens with two attached hydrogens (primary N) is 1. The van der Waals surface area contributed by atoms with Crippen molar-refractivity contribution >= 4 is 17.4 Å². The van der Waals surface area contributed by atoms with Crippen LogP contribution in [0.2, 0.25) is 0 Å². The van der Waals surface area contributed by atoms with E-state index < -0.39 is 0 Å². The topological polar surface area (TPSA) is 101 Å². The van der Waals surface area contributed by atoms with Gasteiger partial charge in [0.05, 0.1) is 5.56 Å². The third kappa shape index (κ3) is 2.54. The van der Waals surface area contributed by atoms with Gasteiger partial charge < -0.3 is 11.1 Å². The highest BCUT2D eigenvalue weighted by Gasteiger charge is 2.10. The molecule has 1 amide bonds. The van der Waals surface area contributed by atoms with Gasteiger partial charge in [-0.1, -0.05) is 11.6 Å². The van der Waals surface area contributed by atoms with Crippen molar-refractivity contribution in [1.29, 1.82) is 0 Å². The van der Waals surface area contributed by atoms with Gasteiger partial charge in [-0.05, 0) is 25.1 Å². The van der Waals surface area contributed by atoms with Crippen molar-refractivity contribution in [1.82, 2.24) is 10.2 Å². The Kier molecular flexibility index (Phi) is 3.09. The lowest BCUT2D eigenvalue weighted by molar-refractivity contribution is 0.102. The van der Waals surface area contributed by atoms with Crippen LogP contribution in [-0.2, 0) is 0 Å². The first-order valence-electron chi connectivity index (χ1n) is 5.29. The molecule has 0 aliphatic carbocycles. The van der Waals surface area contributed by atoms with E-state index in [2.05, 4.69) is 15.5 Å². The molecule has 0 aliphatic heterocycles. The van der Waals surface area contributed by atoms with Crippen LogP contribution in [0.4, 0.5) is 11.5 Å². The fourth-order valence-corrected chi connectivity index (χ4v) is 1.46. The maximum absolute atomic E-state index is 11.9. The van der Waals surface area contributed by atoms with Gasteiger partial charge in [0.25, 0.3) is 11.5 Å². The molecule has 0 atom stereocenters. The second-order valence-corrected chi connectivity index (χ2v) is 3.85. The molecule has 2 rings (SSSR count). The molecule has 18 heavy (non-hydrogen) atoms. The number of nitrogens with one attached hydrogen (secondary N) is 2. The van der Waals surface area contributed by atoms with E-state index in [1.54, 1.807) is 12.1 Å². The van der Waals surface area contributed by atoms with E-state index in [1.165, 1.54) is 12.1 Å². The smallest absolute Gasteiger partial charge is 0.264 e. The quantitative estimate of drug-likeness (QED) is 0.683. The zero-order valence-electron chi connectivity index (χ0n) is 9.73. The van der Waals surface area contributed by atoms with Crippen molar-refractivity contribution in [3.63, 3.8) is 0 Å². The number of benzene rings is 1. The van der Waals surface area contributed by atoms with Crippen LogP contribution < -0.4 is 16.6 Å². The van der Waals surface area contributed by atoms with Crippen LogP contribution in [0.5, 0.6) is 0 Å². The summed E-state index contributed by atoms with van der Waals surface area (Å²) in [5.41, 5.74) is 7.10. The summed E-state index contributed by atoms with van der Waals surface area (Å²) in [6.07, 6.45) is 0. The van der Waals surface area contributed by atoms with E-state index in [-0.39, 0.29) is 17.3 Å². The number of anilines is 2. The molecule has 0 saturated heterocycles. The Morgan fingerprint density at radius 3 is 2.78 bits per heavy atom. The third-order valence-electron chi connectivity index (χ3n) is 2.37. The average Bonchev–Trinajstić information content (AvgIpc) is 2.35. The molecule has 1 heterocycles. The number of aromatic amines is 1. The predicted molar refractivity (Wildman–Crippen MR) is 68.4 cm³/mol. The van der Waals surface area contributed by atoms with Crippen molar-refractivity contribution in [3.8, 4) is 0 Å². The van der Waals surface area contributed by atoms with Gasteiger partial charge in [-0.2, -0.15) is 5.10 Å². The van der Waals surface area contributed by atoms with Crippen LogP contribution in [0.3, 0.4) is 0 Å². The van der Waals surface area contributed by atoms with Crippen LogP contribution in [0.15, 0.2) is 35.1 Å². The number of nitrogen functional groups attached to an aromatic ring is 1. The number of amides is 1. The maximum atomic E-state index is 11.9. The van der Waals surface area contributed by atoms with E-state index in [4.69, 9.17) is 5.73 Å². The van der Waals surface area contributed by atoms with Gasteiger partial charge in [0, 0.05) is 11.8 Å². The fraction of sp³-hybridized carbons (Fsp3) is 0.0833. The van der Waals surface area contributed by atoms with E-state index in [0.29, 0.717) is 11.3 Å². The van der Waals surface area contributed by atoms with Gasteiger partial charge in [-0.15, -0.1) is 0 Å². The minimum atomic E-state index is -0.365. The lowest BCUT2D eigenvalue weighted by Crippen LogP contribution is -2.17. The molecule has 0 spiro atoms. The standard InChI is InChI=1S/C12H12N4O2/c1-7-2-3-9(13)8(6-7)12(18)14-10-4-5-11(17)16-15-10/h2-6H,13H2,1H3,(H,16,17)(H,14,15,18). The van der Waals surface area contributed by atoms with E-state index in [9.17, 15) is 9.59 Å². The number of aromatic nitrogens is 2. The molecule has 0 saturated carbocycles. The van der Waals surface area contributed by atoms with E-state index in [1.807, 2.05) is 13.0 Å². The van der Waals surface area contributed by atoms with Crippen LogP contribution in [0.25, 0.3) is 0 Å². The first-order valence-corrected chi connectivity index (χ1v) is 5.29. The van der Waals surface area contributed by atoms with Crippen molar-refractivity contribution in [3.05, 3.63) is 51.8 Å². The Morgan fingerprint density at radius 2 is 2.11 bits per heavy atom. The number of nitrogens with zero attached hydrogens (tertiary/aromatic N) is 1. The average molecular weight is 244 g/mol. The van der Waals surface area contributed by atoms with Gasteiger partial charge >= 0.3 is 0 Å². The van der Waals surface area contributed by atoms with Crippen LogP contribution in [0.1, 0.15) is 15.9 Å². The van der Waals surface area contributed by atoms with Crippen molar-refractivity contribution < 1.29 is 4.79 Å². The van der Waals surface area contributed by atoms with Crippen molar-refractivity contribution in [2.45, 2.75) is 6.92 Å². The van der Waals surface area contributed by atoms with E-state index in [0.717, 1.165) is 5.56 Å². The Morgan fingerprint density at radius 1 is 1.33 bits per heavy atom. The molecule has 0 bridgehead atoms. The molecule has 1 aromatic carbocycles. The number of carbonyl (C=O) groups is 1. The molecule has 2 aromatic rings. The second-order valence-electron chi connectivity index (χ2n) is 3.85. The Balaban J connectivity index is 2.24. The molecule has 0 radical (unpaired) electrons. The predicted octanol–water partition coefficient (Wildman–Crippen LogP) is 0.913. The van der Waals surface area contributed by atoms with Gasteiger partial charge in [0.2, 0.25) is 0 Å². The van der Waals surface area contributed by atoms with Crippen LogP contribution in [-0.4, -0.2) is 16.1 Å². The molecule has 1 aromatic heterocycles. The minimum absolute atomic E-state index is 0.264. The van der Waals surface area contributed by atoms with Gasteiger partial charge in [-0.25, -0.2) is 5.10 Å². The summed E-state index contributed by atoms with van der Waals surface area (Å²) in [6, 6.07) is 7.89. The Bertz CT molecular complexity index is 628. The van der Waals surface area contributed by atoms with Gasteiger partial charge in [0.1, 0.15) is 0 Å². The number of aryl methyl sites for hydroxylation is 1. The number of carbonyl (C=O) groups excluding carboxylic acids is 1. The molecule has 4 N–H and O–H groups in total. The molecular weight excluding hydrogens is 232 g/mol. The van der Waals surface area contributed by atoms with Gasteiger partial charge in [-0.3, -0.25) is 9.59 Å². The lowest BCUT2D eigenvalue weighted by Gasteiger charge is -2.07. The first kappa shape index (κ1) is 11.8. The molecule has 0 aliphatic rings. The molecule has 6 nitrogen and oxygen atoms in total. The number of rotatable bonds is 2. The number of hydrogen-bond donors (Lipinski definition) is 3. The summed E-state index contributed by atoms with van der Waals surface area (Å²) < 4.78 is 0. The second kappa shape index (κ2) is 4.70. The molecule has 0 unspecified atom stereocenters. The summed E-state index contributed by atoms with van der Waals surface area (Å²) >= 11 is 0. The SMILES string of the molecule is Cc1ccc(N)c(C(=O)Nc2ccc(=O)[nH]n2)c1. The summed E-state index contributed by atoms with van der Waals surface area (Å²) in [5, 5.41) is 8.47. The number of H-pyrrole nitrogens is 1. The van der Waals surface area contributed by atoms with Gasteiger partial charge in [0.15, 0.2) is 5.82 Å². The highest BCUT2D eigenvalue weighted by Crippen LogP contribution is 2.15. The summed E-state index contributed by atoms with van der Waals surface area (Å²) in [6.45, 7) is 1.87. The zero-order chi connectivity index (χ0) is 13.1. The monoisotopic (exact) mass is 244 g/mol. The zero-order valence-corrected chi connectivity index (χ0v) is 9.73. The Labute approximate surface area is 103 Å². The highest BCUT2D eigenvalue weighted by atomic mass is 16.2. The molecule has 92 valence electrons. The molecular formula is C12H12N4O2. The first-order chi connectivity index (χ1) is 8.56. The summed E-state index contributed by atoms with van der Waals surface area (Å²) in [4.78, 5) is 22.8. The normalized spacial score (nSPS) is 10.1. The van der Waals surface area contributed by atoms with E-state index >= 15 is 0 Å². The Hall–Kier alpha value is -2.63. The summed E-state index contributed by atoms with van der Waals surface area (Å²) in [5.74, 6) is -0.101. The van der Waals surface area contributed by atoms with Crippen molar-refractivity contribution in [2.24, 2.45) is 0 Å². The number of hydrogen-bond acceptors (Lipinski definition) is 4. The highest BCUT2D eigenvalue weighted by molar-refractivity contribution is 6.07.